The van der Waals surface area contributed by atoms with E-state index in [1.807, 2.05) is 48.5 Å². The molecule has 0 aliphatic carbocycles. The number of benzene rings is 2. The fourth-order valence-corrected chi connectivity index (χ4v) is 2.27. The molecular formula is C17H17NO2. The van der Waals surface area contributed by atoms with Crippen LogP contribution in [0.1, 0.15) is 17.0 Å². The first-order chi connectivity index (χ1) is 9.80. The van der Waals surface area contributed by atoms with E-state index in [1.54, 1.807) is 14.2 Å². The highest BCUT2D eigenvalue weighted by Crippen LogP contribution is 2.31. The number of ether oxygens (including phenoxy) is 2. The molecule has 0 N–H and O–H groups in total. The summed E-state index contributed by atoms with van der Waals surface area (Å²) in [6, 6.07) is 17.8. The van der Waals surface area contributed by atoms with Crippen LogP contribution in [0.3, 0.4) is 0 Å². The average Bonchev–Trinajstić information content (AvgIpc) is 2.53. The van der Waals surface area contributed by atoms with Gasteiger partial charge in [-0.05, 0) is 24.1 Å². The molecule has 3 nitrogen and oxygen atoms in total. The van der Waals surface area contributed by atoms with Crippen LogP contribution in [0.15, 0.2) is 48.5 Å². The Balaban J connectivity index is 2.32. The van der Waals surface area contributed by atoms with E-state index in [1.165, 1.54) is 0 Å². The molecule has 0 aliphatic heterocycles. The first kappa shape index (κ1) is 14.0. The highest BCUT2D eigenvalue weighted by molar-refractivity contribution is 5.42. The summed E-state index contributed by atoms with van der Waals surface area (Å²) in [5.74, 6) is 1.29. The summed E-state index contributed by atoms with van der Waals surface area (Å²) in [5.41, 5.74) is 1.93. The minimum absolute atomic E-state index is 0.262. The molecule has 3 heteroatoms. The zero-order valence-corrected chi connectivity index (χ0v) is 11.7. The first-order valence-electron chi connectivity index (χ1n) is 6.44. The summed E-state index contributed by atoms with van der Waals surface area (Å²) in [4.78, 5) is 0. The monoisotopic (exact) mass is 267 g/mol. The minimum Gasteiger partial charge on any atom is -0.496 e. The summed E-state index contributed by atoms with van der Waals surface area (Å²) in [5, 5.41) is 9.48. The molecule has 0 aliphatic rings. The van der Waals surface area contributed by atoms with Crippen molar-refractivity contribution in [1.82, 2.24) is 0 Å². The lowest BCUT2D eigenvalue weighted by molar-refractivity contribution is 0.404. The van der Waals surface area contributed by atoms with E-state index in [0.717, 1.165) is 22.6 Å². The van der Waals surface area contributed by atoms with Crippen LogP contribution in [-0.2, 0) is 6.42 Å². The molecule has 1 atom stereocenters. The molecule has 0 fully saturated rings. The van der Waals surface area contributed by atoms with Gasteiger partial charge in [0.05, 0.1) is 26.2 Å². The van der Waals surface area contributed by atoms with Gasteiger partial charge in [0.25, 0.3) is 0 Å². The maximum atomic E-state index is 9.48. The molecule has 2 aromatic rings. The molecule has 0 heterocycles. The Hall–Kier alpha value is -2.47. The normalized spacial score (nSPS) is 11.4. The number of hydrogen-bond donors (Lipinski definition) is 0. The topological polar surface area (TPSA) is 42.2 Å². The summed E-state index contributed by atoms with van der Waals surface area (Å²) in [7, 11) is 3.26. The molecular weight excluding hydrogens is 250 g/mol. The van der Waals surface area contributed by atoms with Crippen LogP contribution >= 0.6 is 0 Å². The molecule has 2 rings (SSSR count). The van der Waals surface area contributed by atoms with Crippen molar-refractivity contribution in [3.8, 4) is 17.6 Å². The molecule has 1 unspecified atom stereocenters. The van der Waals surface area contributed by atoms with Gasteiger partial charge in [-0.3, -0.25) is 0 Å². The van der Waals surface area contributed by atoms with Crippen molar-refractivity contribution in [2.45, 2.75) is 12.3 Å². The lowest BCUT2D eigenvalue weighted by Crippen LogP contribution is -2.04. The van der Waals surface area contributed by atoms with Crippen molar-refractivity contribution in [3.05, 3.63) is 59.7 Å². The van der Waals surface area contributed by atoms with E-state index in [-0.39, 0.29) is 5.92 Å². The van der Waals surface area contributed by atoms with Gasteiger partial charge in [-0.25, -0.2) is 0 Å². The zero-order chi connectivity index (χ0) is 14.4. The van der Waals surface area contributed by atoms with Gasteiger partial charge in [-0.2, -0.15) is 5.26 Å². The van der Waals surface area contributed by atoms with Gasteiger partial charge in [0.15, 0.2) is 0 Å². The van der Waals surface area contributed by atoms with Gasteiger partial charge in [0.2, 0.25) is 0 Å². The highest BCUT2D eigenvalue weighted by Gasteiger charge is 2.17. The molecule has 102 valence electrons. The lowest BCUT2D eigenvalue weighted by Gasteiger charge is -2.15. The number of para-hydroxylation sites is 2. The van der Waals surface area contributed by atoms with Crippen LogP contribution in [0.25, 0.3) is 0 Å². The molecule has 0 spiro atoms. The van der Waals surface area contributed by atoms with Gasteiger partial charge in [0, 0.05) is 5.56 Å². The molecule has 0 radical (unpaired) electrons. The number of nitriles is 1. The summed E-state index contributed by atoms with van der Waals surface area (Å²) in [6.07, 6.45) is 0.598. The Morgan fingerprint density at radius 1 is 0.950 bits per heavy atom. The lowest BCUT2D eigenvalue weighted by atomic mass is 9.92. The predicted molar refractivity (Wildman–Crippen MR) is 78.0 cm³/mol. The zero-order valence-electron chi connectivity index (χ0n) is 11.7. The number of hydrogen-bond acceptors (Lipinski definition) is 3. The third-order valence-electron chi connectivity index (χ3n) is 3.29. The minimum atomic E-state index is -0.262. The van der Waals surface area contributed by atoms with Crippen LogP contribution in [0, 0.1) is 11.3 Å². The fourth-order valence-electron chi connectivity index (χ4n) is 2.27. The largest absolute Gasteiger partial charge is 0.496 e. The third-order valence-corrected chi connectivity index (χ3v) is 3.29. The first-order valence-corrected chi connectivity index (χ1v) is 6.44. The molecule has 0 saturated carbocycles. The van der Waals surface area contributed by atoms with Crippen molar-refractivity contribution < 1.29 is 9.47 Å². The summed E-state index contributed by atoms with van der Waals surface area (Å²) >= 11 is 0. The average molecular weight is 267 g/mol. The van der Waals surface area contributed by atoms with Crippen molar-refractivity contribution >= 4 is 0 Å². The van der Waals surface area contributed by atoms with E-state index >= 15 is 0 Å². The number of nitrogens with zero attached hydrogens (tertiary/aromatic N) is 1. The van der Waals surface area contributed by atoms with Crippen molar-refractivity contribution in [3.63, 3.8) is 0 Å². The van der Waals surface area contributed by atoms with Gasteiger partial charge >= 0.3 is 0 Å². The second kappa shape index (κ2) is 6.63. The van der Waals surface area contributed by atoms with Crippen LogP contribution in [0.4, 0.5) is 0 Å². The van der Waals surface area contributed by atoms with E-state index in [9.17, 15) is 5.26 Å². The standard InChI is InChI=1S/C17H17NO2/c1-19-16-9-5-3-7-13(16)11-14(12-18)15-8-4-6-10-17(15)20-2/h3-10,14H,11H2,1-2H3. The van der Waals surface area contributed by atoms with Crippen molar-refractivity contribution in [1.29, 1.82) is 5.26 Å². The van der Waals surface area contributed by atoms with Crippen LogP contribution in [0.2, 0.25) is 0 Å². The third kappa shape index (κ3) is 2.92. The molecule has 0 bridgehead atoms. The molecule has 0 amide bonds. The Bertz CT molecular complexity index is 616. The Morgan fingerprint density at radius 2 is 1.55 bits per heavy atom. The summed E-state index contributed by atoms with van der Waals surface area (Å²) < 4.78 is 10.7. The van der Waals surface area contributed by atoms with Crippen molar-refractivity contribution in [2.24, 2.45) is 0 Å². The Morgan fingerprint density at radius 3 is 2.20 bits per heavy atom. The highest BCUT2D eigenvalue weighted by atomic mass is 16.5. The van der Waals surface area contributed by atoms with Crippen molar-refractivity contribution in [2.75, 3.05) is 14.2 Å². The van der Waals surface area contributed by atoms with Gasteiger partial charge in [-0.1, -0.05) is 36.4 Å². The maximum Gasteiger partial charge on any atom is 0.123 e. The smallest absolute Gasteiger partial charge is 0.123 e. The van der Waals surface area contributed by atoms with Crippen LogP contribution in [-0.4, -0.2) is 14.2 Å². The molecule has 0 saturated heterocycles. The Labute approximate surface area is 119 Å². The fraction of sp³-hybridized carbons (Fsp3) is 0.235. The maximum absolute atomic E-state index is 9.48. The van der Waals surface area contributed by atoms with Gasteiger partial charge in [0.1, 0.15) is 11.5 Å². The van der Waals surface area contributed by atoms with E-state index in [0.29, 0.717) is 6.42 Å². The van der Waals surface area contributed by atoms with E-state index in [2.05, 4.69) is 6.07 Å². The van der Waals surface area contributed by atoms with E-state index < -0.39 is 0 Å². The molecule has 2 aromatic carbocycles. The van der Waals surface area contributed by atoms with Gasteiger partial charge in [-0.15, -0.1) is 0 Å². The van der Waals surface area contributed by atoms with E-state index in [4.69, 9.17) is 9.47 Å². The SMILES string of the molecule is COc1ccccc1CC(C#N)c1ccccc1OC. The summed E-state index contributed by atoms with van der Waals surface area (Å²) in [6.45, 7) is 0. The second-order valence-corrected chi connectivity index (χ2v) is 4.44. The number of rotatable bonds is 5. The molecule has 0 aromatic heterocycles. The van der Waals surface area contributed by atoms with Crippen LogP contribution in [0.5, 0.6) is 11.5 Å². The number of methoxy groups -OCH3 is 2. The predicted octanol–water partition coefficient (Wildman–Crippen LogP) is 3.55. The van der Waals surface area contributed by atoms with Gasteiger partial charge < -0.3 is 9.47 Å². The molecule has 20 heavy (non-hydrogen) atoms. The Kier molecular flexibility index (Phi) is 4.62. The quantitative estimate of drug-likeness (QED) is 0.832. The van der Waals surface area contributed by atoms with Crippen LogP contribution < -0.4 is 9.47 Å². The second-order valence-electron chi connectivity index (χ2n) is 4.44.